The predicted molar refractivity (Wildman–Crippen MR) is 93.1 cm³/mol. The number of rotatable bonds is 8. The van der Waals surface area contributed by atoms with Crippen LogP contribution in [0.25, 0.3) is 11.3 Å². The van der Waals surface area contributed by atoms with Crippen molar-refractivity contribution in [2.45, 2.75) is 25.7 Å². The highest BCUT2D eigenvalue weighted by Crippen LogP contribution is 2.23. The Hall–Kier alpha value is -2.40. The minimum atomic E-state index is -0.794. The molecule has 1 aromatic carbocycles. The fraction of sp³-hybridized carbons (Fsp3) is 0.278. The maximum Gasteiger partial charge on any atom is 0.303 e. The largest absolute Gasteiger partial charge is 0.481 e. The monoisotopic (exact) mass is 346 g/mol. The molecule has 24 heavy (non-hydrogen) atoms. The zero-order valence-electron chi connectivity index (χ0n) is 13.2. The summed E-state index contributed by atoms with van der Waals surface area (Å²) >= 11 is 6.13. The van der Waals surface area contributed by atoms with E-state index < -0.39 is 5.97 Å². The average Bonchev–Trinajstić information content (AvgIpc) is 2.58. The third kappa shape index (κ3) is 5.35. The van der Waals surface area contributed by atoms with E-state index in [4.69, 9.17) is 16.7 Å². The van der Waals surface area contributed by atoms with Crippen molar-refractivity contribution in [3.8, 4) is 11.3 Å². The van der Waals surface area contributed by atoms with Crippen LogP contribution in [0.1, 0.15) is 36.0 Å². The first kappa shape index (κ1) is 17.9. The summed E-state index contributed by atoms with van der Waals surface area (Å²) in [6.07, 6.45) is 3.96. The fourth-order valence-electron chi connectivity index (χ4n) is 2.27. The number of carboxylic acids is 1. The van der Waals surface area contributed by atoms with Gasteiger partial charge < -0.3 is 10.4 Å². The lowest BCUT2D eigenvalue weighted by molar-refractivity contribution is -0.137. The first-order chi connectivity index (χ1) is 11.6. The molecule has 0 spiro atoms. The molecule has 0 unspecified atom stereocenters. The molecular formula is C18H19ClN2O3. The molecule has 0 aliphatic carbocycles. The highest BCUT2D eigenvalue weighted by molar-refractivity contribution is 6.34. The van der Waals surface area contributed by atoms with Gasteiger partial charge in [-0.2, -0.15) is 0 Å². The maximum absolute atomic E-state index is 12.3. The van der Waals surface area contributed by atoms with Crippen LogP contribution >= 0.6 is 11.6 Å². The maximum atomic E-state index is 12.3. The molecule has 0 atom stereocenters. The number of nitrogens with zero attached hydrogens (tertiary/aromatic N) is 1. The molecule has 5 nitrogen and oxygen atoms in total. The number of carboxylic acid groups (broad SMARTS) is 1. The molecule has 1 heterocycles. The Bertz CT molecular complexity index is 705. The molecule has 0 bridgehead atoms. The Morgan fingerprint density at radius 2 is 1.96 bits per heavy atom. The summed E-state index contributed by atoms with van der Waals surface area (Å²) in [5.74, 6) is -1.03. The number of hydrogen-bond acceptors (Lipinski definition) is 3. The summed E-state index contributed by atoms with van der Waals surface area (Å²) in [4.78, 5) is 27.0. The third-order valence-corrected chi connectivity index (χ3v) is 3.85. The molecule has 1 aromatic heterocycles. The molecule has 0 radical (unpaired) electrons. The van der Waals surface area contributed by atoms with E-state index in [1.54, 1.807) is 18.3 Å². The molecule has 0 aliphatic rings. The van der Waals surface area contributed by atoms with Crippen LogP contribution in [0, 0.1) is 0 Å². The summed E-state index contributed by atoms with van der Waals surface area (Å²) in [5, 5.41) is 11.8. The standard InChI is InChI=1S/C18H19ClN2O3/c19-15-9-8-13(16-6-3-5-10-20-16)12-14(15)18(24)21-11-4-1-2-7-17(22)23/h3,5-6,8-10,12H,1-2,4,7,11H2,(H,21,24)(H,22,23). The smallest absolute Gasteiger partial charge is 0.303 e. The Labute approximate surface area is 145 Å². The molecule has 2 rings (SSSR count). The Balaban J connectivity index is 1.93. The van der Waals surface area contributed by atoms with Crippen molar-refractivity contribution in [3.05, 3.63) is 53.2 Å². The number of aliphatic carboxylic acids is 1. The molecular weight excluding hydrogens is 328 g/mol. The second kappa shape index (κ2) is 9.03. The summed E-state index contributed by atoms with van der Waals surface area (Å²) in [5.41, 5.74) is 2.01. The van der Waals surface area contributed by atoms with Crippen LogP contribution in [-0.4, -0.2) is 28.5 Å². The van der Waals surface area contributed by atoms with Gasteiger partial charge in [0.2, 0.25) is 0 Å². The van der Waals surface area contributed by atoms with Crippen LogP contribution < -0.4 is 5.32 Å². The quantitative estimate of drug-likeness (QED) is 0.713. The van der Waals surface area contributed by atoms with Crippen LogP contribution in [0.15, 0.2) is 42.6 Å². The molecule has 2 aromatic rings. The lowest BCUT2D eigenvalue weighted by atomic mass is 10.1. The van der Waals surface area contributed by atoms with E-state index >= 15 is 0 Å². The van der Waals surface area contributed by atoms with Crippen molar-refractivity contribution in [1.29, 1.82) is 0 Å². The second-order valence-electron chi connectivity index (χ2n) is 5.37. The number of halogens is 1. The highest BCUT2D eigenvalue weighted by Gasteiger charge is 2.12. The van der Waals surface area contributed by atoms with Crippen molar-refractivity contribution in [2.75, 3.05) is 6.54 Å². The van der Waals surface area contributed by atoms with Gasteiger partial charge >= 0.3 is 5.97 Å². The lowest BCUT2D eigenvalue weighted by Gasteiger charge is -2.09. The molecule has 0 saturated carbocycles. The van der Waals surface area contributed by atoms with Gasteiger partial charge in [0.15, 0.2) is 0 Å². The van der Waals surface area contributed by atoms with E-state index in [1.807, 2.05) is 24.3 Å². The van der Waals surface area contributed by atoms with Crippen LogP contribution in [-0.2, 0) is 4.79 Å². The van der Waals surface area contributed by atoms with Gasteiger partial charge in [0.25, 0.3) is 5.91 Å². The van der Waals surface area contributed by atoms with Crippen molar-refractivity contribution in [3.63, 3.8) is 0 Å². The number of pyridine rings is 1. The van der Waals surface area contributed by atoms with Crippen LogP contribution in [0.3, 0.4) is 0 Å². The zero-order valence-corrected chi connectivity index (χ0v) is 13.9. The highest BCUT2D eigenvalue weighted by atomic mass is 35.5. The zero-order chi connectivity index (χ0) is 17.4. The number of aromatic nitrogens is 1. The summed E-state index contributed by atoms with van der Waals surface area (Å²) in [6.45, 7) is 0.489. The molecule has 6 heteroatoms. The fourth-order valence-corrected chi connectivity index (χ4v) is 2.47. The molecule has 126 valence electrons. The van der Waals surface area contributed by atoms with Gasteiger partial charge in [-0.1, -0.05) is 30.2 Å². The van der Waals surface area contributed by atoms with E-state index in [0.29, 0.717) is 23.6 Å². The van der Waals surface area contributed by atoms with Crippen LogP contribution in [0.5, 0.6) is 0 Å². The Morgan fingerprint density at radius 3 is 2.67 bits per heavy atom. The van der Waals surface area contributed by atoms with Crippen molar-refractivity contribution >= 4 is 23.5 Å². The van der Waals surface area contributed by atoms with Crippen LogP contribution in [0.2, 0.25) is 5.02 Å². The lowest BCUT2D eigenvalue weighted by Crippen LogP contribution is -2.24. The summed E-state index contributed by atoms with van der Waals surface area (Å²) in [7, 11) is 0. The van der Waals surface area contributed by atoms with Gasteiger partial charge in [0.1, 0.15) is 0 Å². The Kier molecular flexibility index (Phi) is 6.75. The number of carbonyl (C=O) groups excluding carboxylic acids is 1. The number of carbonyl (C=O) groups is 2. The average molecular weight is 347 g/mol. The number of amides is 1. The number of benzene rings is 1. The first-order valence-corrected chi connectivity index (χ1v) is 8.16. The van der Waals surface area contributed by atoms with Gasteiger partial charge in [-0.25, -0.2) is 0 Å². The van der Waals surface area contributed by atoms with Crippen molar-refractivity contribution in [1.82, 2.24) is 10.3 Å². The summed E-state index contributed by atoms with van der Waals surface area (Å²) in [6, 6.07) is 10.8. The van der Waals surface area contributed by atoms with Crippen molar-refractivity contribution < 1.29 is 14.7 Å². The van der Waals surface area contributed by atoms with Gasteiger partial charge in [0, 0.05) is 24.7 Å². The predicted octanol–water partition coefficient (Wildman–Crippen LogP) is 3.78. The van der Waals surface area contributed by atoms with E-state index in [0.717, 1.165) is 24.1 Å². The first-order valence-electron chi connectivity index (χ1n) is 7.79. The number of hydrogen-bond donors (Lipinski definition) is 2. The van der Waals surface area contributed by atoms with Crippen LogP contribution in [0.4, 0.5) is 0 Å². The van der Waals surface area contributed by atoms with Gasteiger partial charge in [-0.05, 0) is 37.1 Å². The third-order valence-electron chi connectivity index (χ3n) is 3.52. The molecule has 2 N–H and O–H groups in total. The molecule has 0 fully saturated rings. The van der Waals surface area contributed by atoms with Gasteiger partial charge in [-0.15, -0.1) is 0 Å². The van der Waals surface area contributed by atoms with Crippen molar-refractivity contribution in [2.24, 2.45) is 0 Å². The van der Waals surface area contributed by atoms with E-state index in [9.17, 15) is 9.59 Å². The topological polar surface area (TPSA) is 79.3 Å². The minimum absolute atomic E-state index is 0.159. The number of unbranched alkanes of at least 4 members (excludes halogenated alkanes) is 2. The Morgan fingerprint density at radius 1 is 1.12 bits per heavy atom. The summed E-state index contributed by atoms with van der Waals surface area (Å²) < 4.78 is 0. The molecule has 1 amide bonds. The van der Waals surface area contributed by atoms with Gasteiger partial charge in [0.05, 0.1) is 16.3 Å². The number of nitrogens with one attached hydrogen (secondary N) is 1. The van der Waals surface area contributed by atoms with E-state index in [1.165, 1.54) is 0 Å². The minimum Gasteiger partial charge on any atom is -0.481 e. The molecule has 0 aliphatic heterocycles. The van der Waals surface area contributed by atoms with Gasteiger partial charge in [-0.3, -0.25) is 14.6 Å². The normalized spacial score (nSPS) is 10.4. The van der Waals surface area contributed by atoms with E-state index in [2.05, 4.69) is 10.3 Å². The molecule has 0 saturated heterocycles. The SMILES string of the molecule is O=C(O)CCCCCNC(=O)c1cc(-c2ccccn2)ccc1Cl. The van der Waals surface area contributed by atoms with E-state index in [-0.39, 0.29) is 12.3 Å². The second-order valence-corrected chi connectivity index (χ2v) is 5.78.